The highest BCUT2D eigenvalue weighted by Crippen LogP contribution is 2.21. The van der Waals surface area contributed by atoms with Crippen molar-refractivity contribution in [1.29, 1.82) is 0 Å². The average molecular weight is 313 g/mol. The molecular formula is C10H23N3O4S2. The highest BCUT2D eigenvalue weighted by atomic mass is 32.2. The van der Waals surface area contributed by atoms with E-state index < -0.39 is 20.0 Å². The van der Waals surface area contributed by atoms with Crippen LogP contribution in [-0.4, -0.2) is 70.2 Å². The molecule has 7 nitrogen and oxygen atoms in total. The number of rotatable bonds is 6. The zero-order valence-corrected chi connectivity index (χ0v) is 13.1. The minimum Gasteiger partial charge on any atom is -0.329 e. The van der Waals surface area contributed by atoms with Crippen molar-refractivity contribution in [3.8, 4) is 0 Å². The fourth-order valence-corrected chi connectivity index (χ4v) is 4.43. The maximum Gasteiger partial charge on any atom is 0.282 e. The summed E-state index contributed by atoms with van der Waals surface area (Å²) < 4.78 is 49.5. The van der Waals surface area contributed by atoms with E-state index >= 15 is 0 Å². The van der Waals surface area contributed by atoms with Crippen molar-refractivity contribution in [3.05, 3.63) is 0 Å². The summed E-state index contributed by atoms with van der Waals surface area (Å²) in [5.41, 5.74) is 5.61. The molecule has 0 spiro atoms. The number of hydrogen-bond acceptors (Lipinski definition) is 5. The average Bonchev–Trinajstić information content (AvgIpc) is 2.34. The van der Waals surface area contributed by atoms with E-state index in [0.29, 0.717) is 13.1 Å². The van der Waals surface area contributed by atoms with Crippen LogP contribution in [0.1, 0.15) is 19.3 Å². The molecule has 1 heterocycles. The van der Waals surface area contributed by atoms with Crippen molar-refractivity contribution < 1.29 is 16.8 Å². The van der Waals surface area contributed by atoms with E-state index in [1.54, 1.807) is 0 Å². The third-order valence-electron chi connectivity index (χ3n) is 3.31. The Morgan fingerprint density at radius 3 is 2.42 bits per heavy atom. The first kappa shape index (κ1) is 16.8. The zero-order valence-electron chi connectivity index (χ0n) is 11.4. The van der Waals surface area contributed by atoms with Crippen molar-refractivity contribution in [2.45, 2.75) is 25.3 Å². The molecule has 0 aromatic rings. The Hall–Kier alpha value is -0.220. The largest absolute Gasteiger partial charge is 0.329 e. The Morgan fingerprint density at radius 1 is 1.26 bits per heavy atom. The Kier molecular flexibility index (Phi) is 5.75. The summed E-state index contributed by atoms with van der Waals surface area (Å²) in [5.74, 6) is -0.177. The monoisotopic (exact) mass is 313 g/mol. The van der Waals surface area contributed by atoms with Crippen LogP contribution in [-0.2, 0) is 20.0 Å². The second kappa shape index (κ2) is 6.49. The summed E-state index contributed by atoms with van der Waals surface area (Å²) in [5, 5.41) is 0. The number of nitrogens with two attached hydrogens (primary N) is 1. The molecule has 0 amide bonds. The predicted molar refractivity (Wildman–Crippen MR) is 74.7 cm³/mol. The highest BCUT2D eigenvalue weighted by molar-refractivity contribution is 7.90. The van der Waals surface area contributed by atoms with E-state index in [9.17, 15) is 16.8 Å². The van der Waals surface area contributed by atoms with Gasteiger partial charge in [0.05, 0.1) is 5.75 Å². The van der Waals surface area contributed by atoms with E-state index in [1.807, 2.05) is 0 Å². The van der Waals surface area contributed by atoms with Crippen molar-refractivity contribution >= 4 is 20.0 Å². The number of hydrogen-bond donors (Lipinski definition) is 1. The zero-order chi connectivity index (χ0) is 14.7. The molecule has 1 aliphatic heterocycles. The van der Waals surface area contributed by atoms with Crippen LogP contribution in [0.15, 0.2) is 0 Å². The quantitative estimate of drug-likeness (QED) is 0.679. The van der Waals surface area contributed by atoms with Gasteiger partial charge in [-0.3, -0.25) is 0 Å². The van der Waals surface area contributed by atoms with Crippen LogP contribution >= 0.6 is 0 Å². The van der Waals surface area contributed by atoms with E-state index in [0.717, 1.165) is 29.8 Å². The molecule has 0 aromatic heterocycles. The fourth-order valence-electron chi connectivity index (χ4n) is 2.10. The fraction of sp³-hybridized carbons (Fsp3) is 1.00. The van der Waals surface area contributed by atoms with Gasteiger partial charge < -0.3 is 5.73 Å². The minimum absolute atomic E-state index is 0.0328. The Balaban J connectivity index is 2.77. The Morgan fingerprint density at radius 2 is 1.89 bits per heavy atom. The molecular weight excluding hydrogens is 290 g/mol. The van der Waals surface area contributed by atoms with Gasteiger partial charge in [0.25, 0.3) is 10.2 Å². The molecule has 1 saturated heterocycles. The number of nitrogens with zero attached hydrogens (tertiary/aromatic N) is 2. The molecule has 114 valence electrons. The Labute approximate surface area is 115 Å². The van der Waals surface area contributed by atoms with Crippen molar-refractivity contribution in [2.75, 3.05) is 38.7 Å². The highest BCUT2D eigenvalue weighted by Gasteiger charge is 2.34. The molecule has 0 aromatic carbocycles. The molecule has 0 saturated carbocycles. The first-order valence-corrected chi connectivity index (χ1v) is 9.75. The van der Waals surface area contributed by atoms with E-state index in [-0.39, 0.29) is 18.3 Å². The molecule has 0 radical (unpaired) electrons. The molecule has 1 aliphatic rings. The predicted octanol–water partition coefficient (Wildman–Crippen LogP) is -0.979. The van der Waals surface area contributed by atoms with Gasteiger partial charge >= 0.3 is 0 Å². The second-order valence-corrected chi connectivity index (χ2v) is 9.20. The second-order valence-electron chi connectivity index (χ2n) is 4.96. The normalized spacial score (nSPS) is 22.8. The minimum atomic E-state index is -3.62. The van der Waals surface area contributed by atoms with Gasteiger partial charge in [-0.15, -0.1) is 0 Å². The van der Waals surface area contributed by atoms with Crippen molar-refractivity contribution in [3.63, 3.8) is 0 Å². The van der Waals surface area contributed by atoms with Gasteiger partial charge in [-0.05, 0) is 12.8 Å². The number of sulfone groups is 1. The lowest BCUT2D eigenvalue weighted by atomic mass is 10.1. The third kappa shape index (κ3) is 4.67. The summed E-state index contributed by atoms with van der Waals surface area (Å²) in [4.78, 5) is 0. The Bertz CT molecular complexity index is 489. The number of piperidine rings is 1. The van der Waals surface area contributed by atoms with Crippen molar-refractivity contribution in [2.24, 2.45) is 5.73 Å². The van der Waals surface area contributed by atoms with Gasteiger partial charge in [-0.1, -0.05) is 6.42 Å². The van der Waals surface area contributed by atoms with Crippen LogP contribution in [0.2, 0.25) is 0 Å². The lowest BCUT2D eigenvalue weighted by Gasteiger charge is -2.36. The van der Waals surface area contributed by atoms with Crippen LogP contribution < -0.4 is 5.73 Å². The molecule has 1 atom stereocenters. The smallest absolute Gasteiger partial charge is 0.282 e. The van der Waals surface area contributed by atoms with Gasteiger partial charge in [0, 0.05) is 39.0 Å². The van der Waals surface area contributed by atoms with Crippen LogP contribution in [0.25, 0.3) is 0 Å². The maximum absolute atomic E-state index is 12.4. The summed E-state index contributed by atoms with van der Waals surface area (Å²) >= 11 is 0. The van der Waals surface area contributed by atoms with Crippen LogP contribution in [0.5, 0.6) is 0 Å². The van der Waals surface area contributed by atoms with Gasteiger partial charge in [-0.25, -0.2) is 8.42 Å². The maximum atomic E-state index is 12.4. The SMILES string of the molecule is CN(CCS(C)(=O)=O)S(=O)(=O)N1CCCCC1CN. The van der Waals surface area contributed by atoms with Crippen LogP contribution in [0.3, 0.4) is 0 Å². The molecule has 2 N–H and O–H groups in total. The van der Waals surface area contributed by atoms with E-state index in [2.05, 4.69) is 0 Å². The lowest BCUT2D eigenvalue weighted by Crippen LogP contribution is -2.52. The third-order valence-corrected chi connectivity index (χ3v) is 6.28. The molecule has 1 fully saturated rings. The molecule has 1 rings (SSSR count). The van der Waals surface area contributed by atoms with Crippen LogP contribution in [0.4, 0.5) is 0 Å². The summed E-state index contributed by atoms with van der Waals surface area (Å²) in [6.07, 6.45) is 3.64. The van der Waals surface area contributed by atoms with E-state index in [4.69, 9.17) is 5.73 Å². The topological polar surface area (TPSA) is 101 Å². The lowest BCUT2D eigenvalue weighted by molar-refractivity contribution is 0.242. The summed E-state index contributed by atoms with van der Waals surface area (Å²) in [6, 6.07) is -0.181. The molecule has 0 bridgehead atoms. The van der Waals surface area contributed by atoms with Gasteiger partial charge in [0.1, 0.15) is 9.84 Å². The van der Waals surface area contributed by atoms with Gasteiger partial charge in [0.2, 0.25) is 0 Å². The molecule has 0 aliphatic carbocycles. The molecule has 1 unspecified atom stereocenters. The first-order valence-electron chi connectivity index (χ1n) is 6.29. The van der Waals surface area contributed by atoms with Gasteiger partial charge in [-0.2, -0.15) is 17.0 Å². The van der Waals surface area contributed by atoms with Crippen LogP contribution in [0, 0.1) is 0 Å². The van der Waals surface area contributed by atoms with Crippen molar-refractivity contribution in [1.82, 2.24) is 8.61 Å². The van der Waals surface area contributed by atoms with E-state index in [1.165, 1.54) is 11.4 Å². The summed E-state index contributed by atoms with van der Waals surface area (Å²) in [6.45, 7) is 0.710. The first-order chi connectivity index (χ1) is 8.68. The summed E-state index contributed by atoms with van der Waals surface area (Å²) in [7, 11) is -5.40. The standard InChI is InChI=1S/C10H23N3O4S2/c1-12(7-8-18(2,14)15)19(16,17)13-6-4-3-5-10(13)9-11/h10H,3-9,11H2,1-2H3. The molecule has 9 heteroatoms. The molecule has 19 heavy (non-hydrogen) atoms. The van der Waals surface area contributed by atoms with Gasteiger partial charge in [0.15, 0.2) is 0 Å².